The third kappa shape index (κ3) is 4.15. The van der Waals surface area contributed by atoms with Crippen LogP contribution >= 0.6 is 0 Å². The van der Waals surface area contributed by atoms with Crippen LogP contribution in [0.25, 0.3) is 0 Å². The number of piperidine rings is 1. The van der Waals surface area contributed by atoms with E-state index >= 15 is 0 Å². The summed E-state index contributed by atoms with van der Waals surface area (Å²) in [4.78, 5) is 13.5. The molecule has 1 aromatic rings. The van der Waals surface area contributed by atoms with Crippen molar-refractivity contribution >= 4 is 5.91 Å². The minimum Gasteiger partial charge on any atom is -0.352 e. The fraction of sp³-hybridized carbons (Fsp3) is 0.533. The molecule has 3 nitrogen and oxygen atoms in total. The van der Waals surface area contributed by atoms with E-state index in [4.69, 9.17) is 0 Å². The molecule has 3 heteroatoms. The molecule has 0 bridgehead atoms. The van der Waals surface area contributed by atoms with Gasteiger partial charge in [-0.25, -0.2) is 0 Å². The van der Waals surface area contributed by atoms with Crippen LogP contribution in [0.1, 0.15) is 25.3 Å². The Morgan fingerprint density at radius 2 is 2.17 bits per heavy atom. The molecule has 2 rings (SSSR count). The van der Waals surface area contributed by atoms with Crippen molar-refractivity contribution in [2.24, 2.45) is 0 Å². The van der Waals surface area contributed by atoms with Gasteiger partial charge in [0, 0.05) is 26.1 Å². The van der Waals surface area contributed by atoms with Crippen molar-refractivity contribution in [2.75, 3.05) is 19.6 Å². The van der Waals surface area contributed by atoms with E-state index in [1.807, 2.05) is 0 Å². The second-order valence-electron chi connectivity index (χ2n) is 5.08. The van der Waals surface area contributed by atoms with Gasteiger partial charge in [0.25, 0.3) is 0 Å². The Morgan fingerprint density at radius 3 is 2.89 bits per heavy atom. The number of amides is 1. The number of hydrogen-bond acceptors (Lipinski definition) is 2. The number of carbonyl (C=O) groups is 1. The standard InChI is InChI=1S/C15H22N2O/c1-13(18)16-15-8-5-10-17(12-15)11-9-14-6-3-2-4-7-14/h2-4,6-7,15H,5,8-12H2,1H3,(H,16,18). The van der Waals surface area contributed by atoms with E-state index in [9.17, 15) is 4.79 Å². The monoisotopic (exact) mass is 246 g/mol. The maximum atomic E-state index is 11.1. The van der Waals surface area contributed by atoms with Gasteiger partial charge < -0.3 is 10.2 Å². The molecule has 1 atom stereocenters. The zero-order valence-electron chi connectivity index (χ0n) is 11.1. The van der Waals surface area contributed by atoms with Crippen LogP contribution in [0, 0.1) is 0 Å². The molecule has 1 amide bonds. The van der Waals surface area contributed by atoms with E-state index in [0.29, 0.717) is 6.04 Å². The van der Waals surface area contributed by atoms with Crippen molar-refractivity contribution in [1.82, 2.24) is 10.2 Å². The molecule has 18 heavy (non-hydrogen) atoms. The maximum Gasteiger partial charge on any atom is 0.217 e. The Balaban J connectivity index is 1.77. The highest BCUT2D eigenvalue weighted by Gasteiger charge is 2.19. The van der Waals surface area contributed by atoms with E-state index < -0.39 is 0 Å². The summed E-state index contributed by atoms with van der Waals surface area (Å²) in [5, 5.41) is 3.03. The molecule has 1 aliphatic heterocycles. The normalized spacial score (nSPS) is 20.6. The number of nitrogens with zero attached hydrogens (tertiary/aromatic N) is 1. The van der Waals surface area contributed by atoms with Crippen LogP contribution in [-0.2, 0) is 11.2 Å². The molecule has 0 spiro atoms. The number of nitrogens with one attached hydrogen (secondary N) is 1. The topological polar surface area (TPSA) is 32.3 Å². The van der Waals surface area contributed by atoms with Crippen LogP contribution in [0.15, 0.2) is 30.3 Å². The number of hydrogen-bond donors (Lipinski definition) is 1. The summed E-state index contributed by atoms with van der Waals surface area (Å²) >= 11 is 0. The van der Waals surface area contributed by atoms with Gasteiger partial charge in [-0.2, -0.15) is 0 Å². The fourth-order valence-electron chi connectivity index (χ4n) is 2.60. The van der Waals surface area contributed by atoms with Crippen molar-refractivity contribution < 1.29 is 4.79 Å². The van der Waals surface area contributed by atoms with Gasteiger partial charge in [-0.3, -0.25) is 4.79 Å². The van der Waals surface area contributed by atoms with Crippen molar-refractivity contribution in [1.29, 1.82) is 0 Å². The Labute approximate surface area is 109 Å². The van der Waals surface area contributed by atoms with Crippen molar-refractivity contribution in [3.63, 3.8) is 0 Å². The fourth-order valence-corrected chi connectivity index (χ4v) is 2.60. The van der Waals surface area contributed by atoms with Gasteiger partial charge in [0.1, 0.15) is 0 Å². The van der Waals surface area contributed by atoms with Gasteiger partial charge in [0.2, 0.25) is 5.91 Å². The highest BCUT2D eigenvalue weighted by atomic mass is 16.1. The third-order valence-electron chi connectivity index (χ3n) is 3.47. The molecule has 0 radical (unpaired) electrons. The van der Waals surface area contributed by atoms with Crippen molar-refractivity contribution in [2.45, 2.75) is 32.2 Å². The summed E-state index contributed by atoms with van der Waals surface area (Å²) in [6, 6.07) is 10.9. The molecule has 0 aromatic heterocycles. The predicted molar refractivity (Wildman–Crippen MR) is 73.4 cm³/mol. The van der Waals surface area contributed by atoms with Crippen LogP contribution < -0.4 is 5.32 Å². The van der Waals surface area contributed by atoms with Crippen LogP contribution in [0.2, 0.25) is 0 Å². The zero-order chi connectivity index (χ0) is 12.8. The number of rotatable bonds is 4. The lowest BCUT2D eigenvalue weighted by Gasteiger charge is -2.32. The number of benzene rings is 1. The maximum absolute atomic E-state index is 11.1. The first-order chi connectivity index (χ1) is 8.74. The van der Waals surface area contributed by atoms with Gasteiger partial charge in [0.05, 0.1) is 0 Å². The van der Waals surface area contributed by atoms with Gasteiger partial charge in [-0.05, 0) is 31.4 Å². The molecule has 1 unspecified atom stereocenters. The Hall–Kier alpha value is -1.35. The van der Waals surface area contributed by atoms with Crippen LogP contribution in [0.3, 0.4) is 0 Å². The minimum atomic E-state index is 0.0879. The molecule has 1 fully saturated rings. The SMILES string of the molecule is CC(=O)NC1CCCN(CCc2ccccc2)C1. The molecule has 1 saturated heterocycles. The molecule has 98 valence electrons. The van der Waals surface area contributed by atoms with E-state index in [2.05, 4.69) is 40.5 Å². The van der Waals surface area contributed by atoms with E-state index in [1.54, 1.807) is 6.92 Å². The van der Waals surface area contributed by atoms with Crippen LogP contribution in [-0.4, -0.2) is 36.5 Å². The van der Waals surface area contributed by atoms with Crippen LogP contribution in [0.4, 0.5) is 0 Å². The van der Waals surface area contributed by atoms with E-state index in [1.165, 1.54) is 12.0 Å². The van der Waals surface area contributed by atoms with Gasteiger partial charge in [-0.1, -0.05) is 30.3 Å². The zero-order valence-corrected chi connectivity index (χ0v) is 11.1. The van der Waals surface area contributed by atoms with E-state index in [0.717, 1.165) is 32.5 Å². The lowest BCUT2D eigenvalue weighted by atomic mass is 10.0. The molecule has 0 aliphatic carbocycles. The van der Waals surface area contributed by atoms with Crippen molar-refractivity contribution in [3.8, 4) is 0 Å². The van der Waals surface area contributed by atoms with Gasteiger partial charge in [-0.15, -0.1) is 0 Å². The summed E-state index contributed by atoms with van der Waals surface area (Å²) in [6.45, 7) is 4.83. The Morgan fingerprint density at radius 1 is 1.39 bits per heavy atom. The summed E-state index contributed by atoms with van der Waals surface area (Å²) in [6.07, 6.45) is 3.38. The molecule has 1 heterocycles. The van der Waals surface area contributed by atoms with Crippen molar-refractivity contribution in [3.05, 3.63) is 35.9 Å². The average Bonchev–Trinajstić information content (AvgIpc) is 2.37. The Kier molecular flexibility index (Phi) is 4.76. The van der Waals surface area contributed by atoms with E-state index in [-0.39, 0.29) is 5.91 Å². The Bertz CT molecular complexity index is 377. The summed E-state index contributed by atoms with van der Waals surface area (Å²) < 4.78 is 0. The summed E-state index contributed by atoms with van der Waals surface area (Å²) in [5.74, 6) is 0.0879. The predicted octanol–water partition coefficient (Wildman–Crippen LogP) is 1.83. The minimum absolute atomic E-state index is 0.0879. The second kappa shape index (κ2) is 6.55. The highest BCUT2D eigenvalue weighted by molar-refractivity contribution is 5.73. The summed E-state index contributed by atoms with van der Waals surface area (Å²) in [5.41, 5.74) is 1.39. The number of carbonyl (C=O) groups excluding carboxylic acids is 1. The largest absolute Gasteiger partial charge is 0.352 e. The smallest absolute Gasteiger partial charge is 0.217 e. The third-order valence-corrected chi connectivity index (χ3v) is 3.47. The molecule has 1 N–H and O–H groups in total. The average molecular weight is 246 g/mol. The molecular formula is C15H22N2O. The molecule has 1 aromatic carbocycles. The van der Waals surface area contributed by atoms with Gasteiger partial charge in [0.15, 0.2) is 0 Å². The molecular weight excluding hydrogens is 224 g/mol. The lowest BCUT2D eigenvalue weighted by Crippen LogP contribution is -2.47. The van der Waals surface area contributed by atoms with Gasteiger partial charge >= 0.3 is 0 Å². The summed E-state index contributed by atoms with van der Waals surface area (Å²) in [7, 11) is 0. The lowest BCUT2D eigenvalue weighted by molar-refractivity contribution is -0.120. The quantitative estimate of drug-likeness (QED) is 0.879. The first-order valence-electron chi connectivity index (χ1n) is 6.77. The molecule has 1 aliphatic rings. The number of likely N-dealkylation sites (tertiary alicyclic amines) is 1. The first kappa shape index (κ1) is 13.1. The molecule has 0 saturated carbocycles. The highest BCUT2D eigenvalue weighted by Crippen LogP contribution is 2.11. The second-order valence-corrected chi connectivity index (χ2v) is 5.08. The van der Waals surface area contributed by atoms with Crippen LogP contribution in [0.5, 0.6) is 0 Å². The first-order valence-corrected chi connectivity index (χ1v) is 6.77.